The molecule has 0 rings (SSSR count). The Morgan fingerprint density at radius 1 is 1.54 bits per heavy atom. The maximum Gasteiger partial charge on any atom is 0.323 e. The molecule has 0 amide bonds. The first kappa shape index (κ1) is 12.4. The Kier molecular flexibility index (Phi) is 5.66. The summed E-state index contributed by atoms with van der Waals surface area (Å²) in [6.45, 7) is 2.39. The van der Waals surface area contributed by atoms with Crippen molar-refractivity contribution in [3.8, 4) is 0 Å². The van der Waals surface area contributed by atoms with Crippen LogP contribution >= 0.6 is 0 Å². The summed E-state index contributed by atoms with van der Waals surface area (Å²) in [6.07, 6.45) is 2.39. The highest BCUT2D eigenvalue weighted by molar-refractivity contribution is 5.78. The molecule has 0 aliphatic heterocycles. The summed E-state index contributed by atoms with van der Waals surface area (Å²) in [6, 6.07) is 0. The van der Waals surface area contributed by atoms with Gasteiger partial charge in [0.1, 0.15) is 5.54 Å². The highest BCUT2D eigenvalue weighted by Gasteiger charge is 2.29. The average Bonchev–Trinajstić information content (AvgIpc) is 2.12. The number of rotatable bonds is 7. The fourth-order valence-corrected chi connectivity index (χ4v) is 1.06. The number of hydrogen-bond donors (Lipinski definition) is 2. The SMILES string of the molecule is CNC(C)(CCCCOC)C(=O)O. The minimum atomic E-state index is -0.799. The van der Waals surface area contributed by atoms with E-state index in [0.717, 1.165) is 12.8 Å². The molecule has 0 aromatic rings. The standard InChI is InChI=1S/C9H19NO3/c1-9(10-2,8(11)12)6-4-5-7-13-3/h10H,4-7H2,1-3H3,(H,11,12). The summed E-state index contributed by atoms with van der Waals surface area (Å²) in [7, 11) is 3.32. The second-order valence-electron chi connectivity index (χ2n) is 3.34. The maximum atomic E-state index is 10.8. The zero-order valence-corrected chi connectivity index (χ0v) is 8.59. The minimum absolute atomic E-state index is 0.627. The summed E-state index contributed by atoms with van der Waals surface area (Å²) in [5, 5.41) is 11.7. The van der Waals surface area contributed by atoms with Gasteiger partial charge >= 0.3 is 5.97 Å². The second-order valence-corrected chi connectivity index (χ2v) is 3.34. The number of carbonyl (C=O) groups is 1. The maximum absolute atomic E-state index is 10.8. The molecule has 0 bridgehead atoms. The van der Waals surface area contributed by atoms with Gasteiger partial charge in [-0.2, -0.15) is 0 Å². The van der Waals surface area contributed by atoms with Crippen LogP contribution in [0.1, 0.15) is 26.2 Å². The molecular formula is C9H19NO3. The number of likely N-dealkylation sites (N-methyl/N-ethyl adjacent to an activating group) is 1. The third kappa shape index (κ3) is 4.24. The van der Waals surface area contributed by atoms with Crippen molar-refractivity contribution in [3.05, 3.63) is 0 Å². The number of carboxylic acids is 1. The molecule has 0 fully saturated rings. The molecule has 1 unspecified atom stereocenters. The second kappa shape index (κ2) is 5.94. The molecule has 0 radical (unpaired) electrons. The topological polar surface area (TPSA) is 58.6 Å². The Balaban J connectivity index is 3.78. The highest BCUT2D eigenvalue weighted by atomic mass is 16.5. The molecule has 4 heteroatoms. The Hall–Kier alpha value is -0.610. The summed E-state index contributed by atoms with van der Waals surface area (Å²) < 4.78 is 4.88. The Labute approximate surface area is 79.3 Å². The Morgan fingerprint density at radius 3 is 2.54 bits per heavy atom. The van der Waals surface area contributed by atoms with E-state index in [-0.39, 0.29) is 0 Å². The van der Waals surface area contributed by atoms with Crippen molar-refractivity contribution < 1.29 is 14.6 Å². The van der Waals surface area contributed by atoms with Gasteiger partial charge in [-0.05, 0) is 33.2 Å². The minimum Gasteiger partial charge on any atom is -0.480 e. The molecule has 2 N–H and O–H groups in total. The highest BCUT2D eigenvalue weighted by Crippen LogP contribution is 2.13. The number of carboxylic acid groups (broad SMARTS) is 1. The van der Waals surface area contributed by atoms with Crippen molar-refractivity contribution in [2.75, 3.05) is 20.8 Å². The normalized spacial score (nSPS) is 15.3. The smallest absolute Gasteiger partial charge is 0.323 e. The number of ether oxygens (including phenoxy) is 1. The van der Waals surface area contributed by atoms with Gasteiger partial charge in [-0.3, -0.25) is 4.79 Å². The van der Waals surface area contributed by atoms with Gasteiger partial charge in [0.2, 0.25) is 0 Å². The monoisotopic (exact) mass is 189 g/mol. The fourth-order valence-electron chi connectivity index (χ4n) is 1.06. The van der Waals surface area contributed by atoms with Crippen molar-refractivity contribution in [1.82, 2.24) is 5.32 Å². The van der Waals surface area contributed by atoms with Crippen molar-refractivity contribution in [3.63, 3.8) is 0 Å². The van der Waals surface area contributed by atoms with E-state index >= 15 is 0 Å². The van der Waals surface area contributed by atoms with Crippen LogP contribution < -0.4 is 5.32 Å². The van der Waals surface area contributed by atoms with Crippen molar-refractivity contribution in [2.45, 2.75) is 31.7 Å². The third-order valence-electron chi connectivity index (χ3n) is 2.30. The summed E-state index contributed by atoms with van der Waals surface area (Å²) in [4.78, 5) is 10.8. The molecule has 1 atom stereocenters. The van der Waals surface area contributed by atoms with Gasteiger partial charge in [0.15, 0.2) is 0 Å². The molecular weight excluding hydrogens is 170 g/mol. The Bertz CT molecular complexity index is 161. The van der Waals surface area contributed by atoms with E-state index in [2.05, 4.69) is 5.32 Å². The number of nitrogens with one attached hydrogen (secondary N) is 1. The van der Waals surface area contributed by atoms with Crippen LogP contribution in [-0.2, 0) is 9.53 Å². The zero-order chi connectivity index (χ0) is 10.3. The number of aliphatic carboxylic acids is 1. The lowest BCUT2D eigenvalue weighted by Crippen LogP contribution is -2.47. The largest absolute Gasteiger partial charge is 0.480 e. The lowest BCUT2D eigenvalue weighted by Gasteiger charge is -2.23. The first-order valence-electron chi connectivity index (χ1n) is 4.48. The number of methoxy groups -OCH3 is 1. The number of hydrogen-bond acceptors (Lipinski definition) is 3. The molecule has 0 heterocycles. The molecule has 0 aliphatic rings. The van der Waals surface area contributed by atoms with Gasteiger partial charge in [-0.15, -0.1) is 0 Å². The van der Waals surface area contributed by atoms with E-state index in [0.29, 0.717) is 13.0 Å². The van der Waals surface area contributed by atoms with Crippen LogP contribution in [0.3, 0.4) is 0 Å². The van der Waals surface area contributed by atoms with E-state index in [9.17, 15) is 4.79 Å². The van der Waals surface area contributed by atoms with E-state index in [4.69, 9.17) is 9.84 Å². The third-order valence-corrected chi connectivity index (χ3v) is 2.30. The van der Waals surface area contributed by atoms with Crippen molar-refractivity contribution >= 4 is 5.97 Å². The zero-order valence-electron chi connectivity index (χ0n) is 8.59. The van der Waals surface area contributed by atoms with Crippen LogP contribution in [0.25, 0.3) is 0 Å². The van der Waals surface area contributed by atoms with Gasteiger partial charge < -0.3 is 15.2 Å². The van der Waals surface area contributed by atoms with Crippen molar-refractivity contribution in [1.29, 1.82) is 0 Å². The first-order valence-corrected chi connectivity index (χ1v) is 4.48. The molecule has 13 heavy (non-hydrogen) atoms. The van der Waals surface area contributed by atoms with Crippen molar-refractivity contribution in [2.24, 2.45) is 0 Å². The van der Waals surface area contributed by atoms with Gasteiger partial charge in [0.05, 0.1) is 0 Å². The molecule has 0 aliphatic carbocycles. The van der Waals surface area contributed by atoms with Crippen LogP contribution in [0.15, 0.2) is 0 Å². The van der Waals surface area contributed by atoms with Crippen LogP contribution in [-0.4, -0.2) is 37.4 Å². The molecule has 0 aromatic carbocycles. The van der Waals surface area contributed by atoms with Gasteiger partial charge in [-0.25, -0.2) is 0 Å². The van der Waals surface area contributed by atoms with Crippen LogP contribution in [0.5, 0.6) is 0 Å². The van der Waals surface area contributed by atoms with Crippen LogP contribution in [0.2, 0.25) is 0 Å². The Morgan fingerprint density at radius 2 is 2.15 bits per heavy atom. The first-order chi connectivity index (χ1) is 6.06. The fraction of sp³-hybridized carbons (Fsp3) is 0.889. The molecule has 0 saturated heterocycles. The summed E-state index contributed by atoms with van der Waals surface area (Å²) in [5.41, 5.74) is -0.798. The lowest BCUT2D eigenvalue weighted by atomic mass is 9.95. The molecule has 0 aromatic heterocycles. The predicted molar refractivity (Wildman–Crippen MR) is 50.8 cm³/mol. The predicted octanol–water partition coefficient (Wildman–Crippen LogP) is 0.866. The average molecular weight is 189 g/mol. The molecule has 0 saturated carbocycles. The van der Waals surface area contributed by atoms with Gasteiger partial charge in [0, 0.05) is 13.7 Å². The number of unbranched alkanes of at least 4 members (excludes halogenated alkanes) is 1. The van der Waals surface area contributed by atoms with E-state index in [1.54, 1.807) is 21.1 Å². The van der Waals surface area contributed by atoms with Crippen LogP contribution in [0.4, 0.5) is 0 Å². The van der Waals surface area contributed by atoms with Crippen LogP contribution in [0, 0.1) is 0 Å². The van der Waals surface area contributed by atoms with Gasteiger partial charge in [-0.1, -0.05) is 0 Å². The lowest BCUT2D eigenvalue weighted by molar-refractivity contribution is -0.144. The summed E-state index contributed by atoms with van der Waals surface area (Å²) >= 11 is 0. The van der Waals surface area contributed by atoms with E-state index in [1.807, 2.05) is 0 Å². The summed E-state index contributed by atoms with van der Waals surface area (Å²) in [5.74, 6) is -0.799. The molecule has 0 spiro atoms. The van der Waals surface area contributed by atoms with Gasteiger partial charge in [0.25, 0.3) is 0 Å². The molecule has 78 valence electrons. The quantitative estimate of drug-likeness (QED) is 0.583. The molecule has 4 nitrogen and oxygen atoms in total. The van der Waals surface area contributed by atoms with E-state index in [1.165, 1.54) is 0 Å². The van der Waals surface area contributed by atoms with E-state index < -0.39 is 11.5 Å².